The molecule has 1 N–H and O–H groups in total. The SMILES string of the molecule is C=C/C(=C\C(=C/CC)NOC)N1CCOCC1. The van der Waals surface area contributed by atoms with Crippen molar-refractivity contribution in [2.75, 3.05) is 33.4 Å². The zero-order valence-corrected chi connectivity index (χ0v) is 10.7. The number of nitrogens with zero attached hydrogens (tertiary/aromatic N) is 1. The molecule has 4 heteroatoms. The lowest BCUT2D eigenvalue weighted by Gasteiger charge is -2.29. The molecule has 0 saturated carbocycles. The molecule has 1 aliphatic heterocycles. The third-order valence-corrected chi connectivity index (χ3v) is 2.53. The van der Waals surface area contributed by atoms with Crippen LogP contribution in [0.3, 0.4) is 0 Å². The molecule has 0 radical (unpaired) electrons. The van der Waals surface area contributed by atoms with Crippen LogP contribution in [0.1, 0.15) is 13.3 Å². The van der Waals surface area contributed by atoms with Crippen LogP contribution in [0.25, 0.3) is 0 Å². The summed E-state index contributed by atoms with van der Waals surface area (Å²) in [6.07, 6.45) is 6.95. The Labute approximate surface area is 104 Å². The molecule has 96 valence electrons. The molecule has 1 saturated heterocycles. The molecule has 0 aliphatic carbocycles. The zero-order chi connectivity index (χ0) is 12.5. The fraction of sp³-hybridized carbons (Fsp3) is 0.538. The molecule has 0 aromatic carbocycles. The van der Waals surface area contributed by atoms with Crippen molar-refractivity contribution in [1.82, 2.24) is 10.4 Å². The van der Waals surface area contributed by atoms with Gasteiger partial charge in [0.15, 0.2) is 0 Å². The fourth-order valence-electron chi connectivity index (χ4n) is 1.73. The Balaban J connectivity index is 2.74. The summed E-state index contributed by atoms with van der Waals surface area (Å²) in [4.78, 5) is 7.21. The normalized spacial score (nSPS) is 18.1. The molecule has 1 aliphatic rings. The monoisotopic (exact) mass is 238 g/mol. The molecule has 17 heavy (non-hydrogen) atoms. The smallest absolute Gasteiger partial charge is 0.0642 e. The van der Waals surface area contributed by atoms with E-state index in [1.807, 2.05) is 12.2 Å². The predicted octanol–water partition coefficient (Wildman–Crippen LogP) is 1.83. The average molecular weight is 238 g/mol. The van der Waals surface area contributed by atoms with Crippen molar-refractivity contribution in [2.45, 2.75) is 13.3 Å². The molecule has 1 fully saturated rings. The Morgan fingerprint density at radius 1 is 1.47 bits per heavy atom. The maximum atomic E-state index is 5.34. The predicted molar refractivity (Wildman–Crippen MR) is 69.2 cm³/mol. The highest BCUT2D eigenvalue weighted by molar-refractivity contribution is 5.27. The Bertz CT molecular complexity index is 292. The largest absolute Gasteiger partial charge is 0.378 e. The van der Waals surface area contributed by atoms with E-state index < -0.39 is 0 Å². The van der Waals surface area contributed by atoms with E-state index in [9.17, 15) is 0 Å². The topological polar surface area (TPSA) is 33.7 Å². The van der Waals surface area contributed by atoms with E-state index in [2.05, 4.69) is 30.0 Å². The van der Waals surface area contributed by atoms with Gasteiger partial charge in [0.25, 0.3) is 0 Å². The van der Waals surface area contributed by atoms with Gasteiger partial charge >= 0.3 is 0 Å². The number of ether oxygens (including phenoxy) is 1. The second-order valence-electron chi connectivity index (χ2n) is 3.75. The highest BCUT2D eigenvalue weighted by Crippen LogP contribution is 2.11. The molecule has 1 heterocycles. The molecule has 0 aromatic heterocycles. The Morgan fingerprint density at radius 3 is 2.71 bits per heavy atom. The highest BCUT2D eigenvalue weighted by Gasteiger charge is 2.11. The van der Waals surface area contributed by atoms with Gasteiger partial charge in [-0.25, -0.2) is 0 Å². The van der Waals surface area contributed by atoms with E-state index in [0.717, 1.165) is 44.1 Å². The lowest BCUT2D eigenvalue weighted by Crippen LogP contribution is -2.35. The molecular formula is C13H22N2O2. The first-order valence-corrected chi connectivity index (χ1v) is 5.97. The van der Waals surface area contributed by atoms with Gasteiger partial charge in [0.05, 0.1) is 26.0 Å². The van der Waals surface area contributed by atoms with E-state index in [1.54, 1.807) is 7.11 Å². The van der Waals surface area contributed by atoms with Crippen molar-refractivity contribution in [2.24, 2.45) is 0 Å². The highest BCUT2D eigenvalue weighted by atomic mass is 16.6. The van der Waals surface area contributed by atoms with Crippen LogP contribution in [0.4, 0.5) is 0 Å². The molecule has 0 bridgehead atoms. The van der Waals surface area contributed by atoms with E-state index in [4.69, 9.17) is 9.57 Å². The fourth-order valence-corrected chi connectivity index (χ4v) is 1.73. The molecule has 0 atom stereocenters. The van der Waals surface area contributed by atoms with E-state index in [-0.39, 0.29) is 0 Å². The van der Waals surface area contributed by atoms with Crippen molar-refractivity contribution < 1.29 is 9.57 Å². The van der Waals surface area contributed by atoms with Gasteiger partial charge in [-0.15, -0.1) is 0 Å². The second-order valence-corrected chi connectivity index (χ2v) is 3.75. The molecule has 4 nitrogen and oxygen atoms in total. The number of hydroxylamine groups is 1. The number of hydrogen-bond acceptors (Lipinski definition) is 4. The minimum absolute atomic E-state index is 0.774. The van der Waals surface area contributed by atoms with Crippen LogP contribution >= 0.6 is 0 Å². The van der Waals surface area contributed by atoms with Crippen molar-refractivity contribution >= 4 is 0 Å². The summed E-state index contributed by atoms with van der Waals surface area (Å²) in [5.41, 5.74) is 4.92. The summed E-state index contributed by atoms with van der Waals surface area (Å²) in [5, 5.41) is 0. The minimum Gasteiger partial charge on any atom is -0.378 e. The Morgan fingerprint density at radius 2 is 2.18 bits per heavy atom. The number of nitrogens with one attached hydrogen (secondary N) is 1. The lowest BCUT2D eigenvalue weighted by atomic mass is 10.2. The van der Waals surface area contributed by atoms with E-state index in [0.29, 0.717) is 0 Å². The lowest BCUT2D eigenvalue weighted by molar-refractivity contribution is 0.0552. The first kappa shape index (κ1) is 13.8. The van der Waals surface area contributed by atoms with Gasteiger partial charge in [0.2, 0.25) is 0 Å². The van der Waals surface area contributed by atoms with E-state index >= 15 is 0 Å². The van der Waals surface area contributed by atoms with Crippen molar-refractivity contribution in [3.05, 3.63) is 36.2 Å². The third-order valence-electron chi connectivity index (χ3n) is 2.53. The summed E-state index contributed by atoms with van der Waals surface area (Å²) in [6.45, 7) is 9.31. The average Bonchev–Trinajstić information content (AvgIpc) is 2.37. The maximum Gasteiger partial charge on any atom is 0.0642 e. The number of morpholine rings is 1. The third kappa shape index (κ3) is 4.63. The van der Waals surface area contributed by atoms with Gasteiger partial charge in [-0.2, -0.15) is 0 Å². The first-order chi connectivity index (χ1) is 8.31. The Hall–Kier alpha value is -1.26. The van der Waals surface area contributed by atoms with Gasteiger partial charge in [0, 0.05) is 18.8 Å². The van der Waals surface area contributed by atoms with Crippen LogP contribution < -0.4 is 5.48 Å². The van der Waals surface area contributed by atoms with Crippen LogP contribution in [-0.4, -0.2) is 38.3 Å². The minimum atomic E-state index is 0.774. The van der Waals surface area contributed by atoms with Gasteiger partial charge < -0.3 is 9.64 Å². The van der Waals surface area contributed by atoms with Gasteiger partial charge in [-0.1, -0.05) is 19.6 Å². The van der Waals surface area contributed by atoms with Crippen LogP contribution in [0.5, 0.6) is 0 Å². The van der Waals surface area contributed by atoms with Crippen molar-refractivity contribution in [3.8, 4) is 0 Å². The first-order valence-electron chi connectivity index (χ1n) is 5.97. The molecular weight excluding hydrogens is 216 g/mol. The molecule has 0 unspecified atom stereocenters. The van der Waals surface area contributed by atoms with Crippen molar-refractivity contribution in [3.63, 3.8) is 0 Å². The summed E-state index contributed by atoms with van der Waals surface area (Å²) in [6, 6.07) is 0. The molecule has 1 rings (SSSR count). The second kappa shape index (κ2) is 7.92. The van der Waals surface area contributed by atoms with Crippen LogP contribution in [0.2, 0.25) is 0 Å². The van der Waals surface area contributed by atoms with E-state index in [1.165, 1.54) is 0 Å². The van der Waals surface area contributed by atoms with Crippen LogP contribution in [0, 0.1) is 0 Å². The number of rotatable bonds is 6. The summed E-state index contributed by atoms with van der Waals surface area (Å²) >= 11 is 0. The summed E-state index contributed by atoms with van der Waals surface area (Å²) in [5.74, 6) is 0. The van der Waals surface area contributed by atoms with Gasteiger partial charge in [-0.05, 0) is 18.6 Å². The molecule has 0 amide bonds. The zero-order valence-electron chi connectivity index (χ0n) is 10.7. The molecule has 0 spiro atoms. The van der Waals surface area contributed by atoms with Crippen LogP contribution in [-0.2, 0) is 9.57 Å². The number of hydrogen-bond donors (Lipinski definition) is 1. The maximum absolute atomic E-state index is 5.34. The Kier molecular flexibility index (Phi) is 6.43. The standard InChI is InChI=1S/C13H22N2O2/c1-4-6-12(14-16-3)11-13(5-2)15-7-9-17-10-8-15/h5-6,11,14H,2,4,7-10H2,1,3H3/b12-6+,13-11+. The quantitative estimate of drug-likeness (QED) is 0.565. The number of allylic oxidation sites excluding steroid dienone is 3. The van der Waals surface area contributed by atoms with Gasteiger partial charge in [0.1, 0.15) is 0 Å². The van der Waals surface area contributed by atoms with Crippen molar-refractivity contribution in [1.29, 1.82) is 0 Å². The molecule has 0 aromatic rings. The summed E-state index contributed by atoms with van der Waals surface area (Å²) in [7, 11) is 1.61. The summed E-state index contributed by atoms with van der Waals surface area (Å²) < 4.78 is 5.34. The van der Waals surface area contributed by atoms with Gasteiger partial charge in [-0.3, -0.25) is 10.3 Å². The van der Waals surface area contributed by atoms with Crippen LogP contribution in [0.15, 0.2) is 36.2 Å².